The van der Waals surface area contributed by atoms with Crippen molar-refractivity contribution in [2.45, 2.75) is 11.3 Å². The summed E-state index contributed by atoms with van der Waals surface area (Å²) in [6.45, 7) is 0. The second-order valence-electron chi connectivity index (χ2n) is 4.93. The molecule has 0 aliphatic carbocycles. The molecule has 5 nitrogen and oxygen atoms in total. The third-order valence-corrected chi connectivity index (χ3v) is 4.28. The van der Waals surface area contributed by atoms with Gasteiger partial charge in [-0.15, -0.1) is 0 Å². The van der Waals surface area contributed by atoms with Gasteiger partial charge in [0, 0.05) is 18.4 Å². The molecule has 0 saturated heterocycles. The number of nitrogens with two attached hydrogens (primary N) is 1. The highest BCUT2D eigenvalue weighted by atomic mass is 32.2. The van der Waals surface area contributed by atoms with E-state index in [0.717, 1.165) is 5.56 Å². The summed E-state index contributed by atoms with van der Waals surface area (Å²) in [5, 5.41) is 0. The molecule has 108 valence electrons. The molecular weight excluding hydrogens is 288 g/mol. The average Bonchev–Trinajstić information content (AvgIpc) is 2.81. The first-order valence-electron chi connectivity index (χ1n) is 6.36. The van der Waals surface area contributed by atoms with Crippen molar-refractivity contribution in [3.05, 3.63) is 53.9 Å². The zero-order chi connectivity index (χ0) is 15.0. The molecule has 0 atom stereocenters. The van der Waals surface area contributed by atoms with Crippen LogP contribution in [0.3, 0.4) is 0 Å². The molecule has 1 heterocycles. The zero-order valence-electron chi connectivity index (χ0n) is 11.4. The fourth-order valence-corrected chi connectivity index (χ4v) is 2.71. The first-order chi connectivity index (χ1) is 9.91. The number of nitrogens with zero attached hydrogens (tertiary/aromatic N) is 1. The second kappa shape index (κ2) is 4.89. The van der Waals surface area contributed by atoms with Gasteiger partial charge in [0.25, 0.3) is 0 Å². The number of hydrogen-bond acceptors (Lipinski definition) is 5. The Hall–Kier alpha value is -2.34. The van der Waals surface area contributed by atoms with Gasteiger partial charge in [0.1, 0.15) is 5.52 Å². The quantitative estimate of drug-likeness (QED) is 0.751. The van der Waals surface area contributed by atoms with Crippen molar-refractivity contribution < 1.29 is 12.8 Å². The van der Waals surface area contributed by atoms with Gasteiger partial charge in [-0.3, -0.25) is 0 Å². The van der Waals surface area contributed by atoms with Crippen molar-refractivity contribution >= 4 is 26.6 Å². The van der Waals surface area contributed by atoms with E-state index in [1.807, 2.05) is 24.3 Å². The SMILES string of the molecule is CS(=O)(=O)c1ccc2oc(Cc3ccc(N)cc3)nc2c1. The molecule has 2 N–H and O–H groups in total. The molecule has 0 unspecified atom stereocenters. The van der Waals surface area contributed by atoms with Crippen LogP contribution in [0.15, 0.2) is 51.8 Å². The van der Waals surface area contributed by atoms with Crippen LogP contribution < -0.4 is 5.73 Å². The lowest BCUT2D eigenvalue weighted by molar-refractivity contribution is 0.544. The fraction of sp³-hybridized carbons (Fsp3) is 0.133. The van der Waals surface area contributed by atoms with Gasteiger partial charge in [-0.2, -0.15) is 0 Å². The molecule has 21 heavy (non-hydrogen) atoms. The molecular formula is C15H14N2O3S. The minimum atomic E-state index is -3.24. The minimum absolute atomic E-state index is 0.238. The molecule has 6 heteroatoms. The van der Waals surface area contributed by atoms with Gasteiger partial charge in [-0.05, 0) is 35.9 Å². The third-order valence-electron chi connectivity index (χ3n) is 3.17. The van der Waals surface area contributed by atoms with Crippen molar-refractivity contribution in [2.24, 2.45) is 0 Å². The van der Waals surface area contributed by atoms with E-state index in [4.69, 9.17) is 10.2 Å². The third kappa shape index (κ3) is 2.90. The van der Waals surface area contributed by atoms with Gasteiger partial charge < -0.3 is 10.2 Å². The Balaban J connectivity index is 1.95. The van der Waals surface area contributed by atoms with Gasteiger partial charge in [0.15, 0.2) is 21.3 Å². The van der Waals surface area contributed by atoms with Crippen LogP contribution in [0.5, 0.6) is 0 Å². The summed E-state index contributed by atoms with van der Waals surface area (Å²) in [4.78, 5) is 4.58. The highest BCUT2D eigenvalue weighted by Crippen LogP contribution is 2.21. The summed E-state index contributed by atoms with van der Waals surface area (Å²) in [5.41, 5.74) is 8.49. The number of hydrogen-bond donors (Lipinski definition) is 1. The van der Waals surface area contributed by atoms with Crippen LogP contribution >= 0.6 is 0 Å². The van der Waals surface area contributed by atoms with E-state index in [1.54, 1.807) is 6.07 Å². The molecule has 0 aliphatic heterocycles. The summed E-state index contributed by atoms with van der Waals surface area (Å²) >= 11 is 0. The summed E-state index contributed by atoms with van der Waals surface area (Å²) in [7, 11) is -3.24. The van der Waals surface area contributed by atoms with Crippen LogP contribution in [0.2, 0.25) is 0 Å². The van der Waals surface area contributed by atoms with Crippen molar-refractivity contribution in [1.82, 2.24) is 4.98 Å². The Kier molecular flexibility index (Phi) is 3.17. The molecule has 0 amide bonds. The summed E-state index contributed by atoms with van der Waals surface area (Å²) < 4.78 is 28.7. The van der Waals surface area contributed by atoms with Crippen molar-refractivity contribution in [1.29, 1.82) is 0 Å². The molecule has 2 aromatic carbocycles. The fourth-order valence-electron chi connectivity index (χ4n) is 2.07. The summed E-state index contributed by atoms with van der Waals surface area (Å²) in [5.74, 6) is 0.542. The smallest absolute Gasteiger partial charge is 0.199 e. The number of benzene rings is 2. The second-order valence-corrected chi connectivity index (χ2v) is 6.94. The lowest BCUT2D eigenvalue weighted by Gasteiger charge is -1.97. The highest BCUT2D eigenvalue weighted by Gasteiger charge is 2.12. The summed E-state index contributed by atoms with van der Waals surface area (Å²) in [6, 6.07) is 12.1. The minimum Gasteiger partial charge on any atom is -0.440 e. The van der Waals surface area contributed by atoms with Crippen LogP contribution in [0.1, 0.15) is 11.5 Å². The monoisotopic (exact) mass is 302 g/mol. The Morgan fingerprint density at radius 2 is 1.86 bits per heavy atom. The van der Waals surface area contributed by atoms with Crippen LogP contribution in [0.4, 0.5) is 5.69 Å². The first-order valence-corrected chi connectivity index (χ1v) is 8.25. The zero-order valence-corrected chi connectivity index (χ0v) is 12.2. The molecule has 1 aromatic heterocycles. The molecule has 3 aromatic rings. The molecule has 0 spiro atoms. The van der Waals surface area contributed by atoms with Crippen LogP contribution in [-0.4, -0.2) is 19.7 Å². The van der Waals surface area contributed by atoms with Crippen LogP contribution in [0.25, 0.3) is 11.1 Å². The number of nitrogen functional groups attached to an aromatic ring is 1. The molecule has 3 rings (SSSR count). The molecule has 0 bridgehead atoms. The average molecular weight is 302 g/mol. The van der Waals surface area contributed by atoms with E-state index >= 15 is 0 Å². The lowest BCUT2D eigenvalue weighted by atomic mass is 10.1. The Bertz CT molecular complexity index is 896. The maximum Gasteiger partial charge on any atom is 0.199 e. The number of sulfone groups is 1. The number of anilines is 1. The molecule has 0 radical (unpaired) electrons. The van der Waals surface area contributed by atoms with E-state index in [1.165, 1.54) is 18.4 Å². The Morgan fingerprint density at radius 1 is 1.14 bits per heavy atom. The van der Waals surface area contributed by atoms with Crippen molar-refractivity contribution in [3.63, 3.8) is 0 Å². The maximum absolute atomic E-state index is 11.5. The van der Waals surface area contributed by atoms with E-state index in [0.29, 0.717) is 29.1 Å². The highest BCUT2D eigenvalue weighted by molar-refractivity contribution is 7.90. The standard InChI is InChI=1S/C15H14N2O3S/c1-21(18,19)12-6-7-14-13(9-12)17-15(20-14)8-10-2-4-11(16)5-3-10/h2-7,9H,8,16H2,1H3. The van der Waals surface area contributed by atoms with Crippen LogP contribution in [0, 0.1) is 0 Å². The van der Waals surface area contributed by atoms with Crippen molar-refractivity contribution in [3.8, 4) is 0 Å². The van der Waals surface area contributed by atoms with Gasteiger partial charge >= 0.3 is 0 Å². The molecule has 0 aliphatic rings. The van der Waals surface area contributed by atoms with Crippen molar-refractivity contribution in [2.75, 3.05) is 12.0 Å². The number of aromatic nitrogens is 1. The Morgan fingerprint density at radius 3 is 2.52 bits per heavy atom. The number of fused-ring (bicyclic) bond motifs is 1. The van der Waals surface area contributed by atoms with E-state index < -0.39 is 9.84 Å². The van der Waals surface area contributed by atoms with Gasteiger partial charge in [-0.25, -0.2) is 13.4 Å². The van der Waals surface area contributed by atoms with Gasteiger partial charge in [0.05, 0.1) is 4.90 Å². The maximum atomic E-state index is 11.5. The largest absolute Gasteiger partial charge is 0.440 e. The van der Waals surface area contributed by atoms with Gasteiger partial charge in [0.2, 0.25) is 0 Å². The number of oxazole rings is 1. The van der Waals surface area contributed by atoms with E-state index in [9.17, 15) is 8.42 Å². The topological polar surface area (TPSA) is 86.2 Å². The van der Waals surface area contributed by atoms with Crippen LogP contribution in [-0.2, 0) is 16.3 Å². The predicted molar refractivity (Wildman–Crippen MR) is 80.8 cm³/mol. The van der Waals surface area contributed by atoms with E-state index in [-0.39, 0.29) is 4.90 Å². The predicted octanol–water partition coefficient (Wildman–Crippen LogP) is 2.40. The first kappa shape index (κ1) is 13.6. The number of rotatable bonds is 3. The lowest BCUT2D eigenvalue weighted by Crippen LogP contribution is -1.96. The van der Waals surface area contributed by atoms with E-state index in [2.05, 4.69) is 4.98 Å². The Labute approximate surface area is 122 Å². The summed E-state index contributed by atoms with van der Waals surface area (Å²) in [6.07, 6.45) is 1.70. The molecule has 0 saturated carbocycles. The molecule has 0 fully saturated rings. The normalized spacial score (nSPS) is 11.9. The van der Waals surface area contributed by atoms with Gasteiger partial charge in [-0.1, -0.05) is 12.1 Å².